The van der Waals surface area contributed by atoms with Gasteiger partial charge in [0.1, 0.15) is 5.25 Å². The summed E-state index contributed by atoms with van der Waals surface area (Å²) in [6.45, 7) is 6.11. The molecule has 0 aromatic heterocycles. The largest absolute Gasteiger partial charge is 0.392 e. The Balaban J connectivity index is 2.92. The van der Waals surface area contributed by atoms with E-state index >= 15 is 0 Å². The molecule has 1 aliphatic rings. The maximum absolute atomic E-state index is 12.1. The molecule has 1 aliphatic heterocycles. The predicted molar refractivity (Wildman–Crippen MR) is 65.1 cm³/mol. The topological polar surface area (TPSA) is 63.4 Å². The van der Waals surface area contributed by atoms with Gasteiger partial charge in [-0.25, -0.2) is 8.42 Å². The molecule has 0 amide bonds. The number of rotatable bonds is 3. The van der Waals surface area contributed by atoms with Crippen LogP contribution in [-0.2, 0) is 10.0 Å². The second kappa shape index (κ2) is 4.35. The standard InChI is InChI=1S/C9H18N2O2S2/c1-6-4-7(2)11(5-6)15(12,13)8(3)9(10)14/h6-8H,4-5H2,1-3H3,(H2,10,14). The number of thiocarbonyl (C=S) groups is 1. The van der Waals surface area contributed by atoms with Gasteiger partial charge in [0, 0.05) is 12.6 Å². The molecule has 6 heteroatoms. The summed E-state index contributed by atoms with van der Waals surface area (Å²) >= 11 is 4.74. The second-order valence-electron chi connectivity index (χ2n) is 4.35. The molecule has 3 atom stereocenters. The van der Waals surface area contributed by atoms with Crippen LogP contribution in [0, 0.1) is 5.92 Å². The first-order valence-corrected chi connectivity index (χ1v) is 6.98. The van der Waals surface area contributed by atoms with Crippen molar-refractivity contribution in [1.29, 1.82) is 0 Å². The molecule has 15 heavy (non-hydrogen) atoms. The van der Waals surface area contributed by atoms with Gasteiger partial charge in [0.15, 0.2) is 0 Å². The summed E-state index contributed by atoms with van der Waals surface area (Å²) < 4.78 is 25.7. The molecule has 0 aliphatic carbocycles. The summed E-state index contributed by atoms with van der Waals surface area (Å²) in [4.78, 5) is 0.0433. The normalized spacial score (nSPS) is 30.3. The van der Waals surface area contributed by atoms with Crippen molar-refractivity contribution in [3.05, 3.63) is 0 Å². The molecular formula is C9H18N2O2S2. The van der Waals surface area contributed by atoms with Crippen LogP contribution in [0.1, 0.15) is 27.2 Å². The Bertz CT molecular complexity index is 353. The van der Waals surface area contributed by atoms with Gasteiger partial charge in [-0.1, -0.05) is 19.1 Å². The maximum atomic E-state index is 12.1. The minimum atomic E-state index is -3.35. The lowest BCUT2D eigenvalue weighted by atomic mass is 10.1. The average Bonchev–Trinajstić information content (AvgIpc) is 2.44. The molecule has 1 rings (SSSR count). The van der Waals surface area contributed by atoms with E-state index in [1.165, 1.54) is 4.31 Å². The van der Waals surface area contributed by atoms with Gasteiger partial charge in [-0.15, -0.1) is 0 Å². The molecule has 1 saturated heterocycles. The van der Waals surface area contributed by atoms with E-state index in [9.17, 15) is 8.42 Å². The predicted octanol–water partition coefficient (Wildman–Crippen LogP) is 0.721. The number of sulfonamides is 1. The van der Waals surface area contributed by atoms with Gasteiger partial charge in [0.2, 0.25) is 10.0 Å². The number of hydrogen-bond acceptors (Lipinski definition) is 3. The van der Waals surface area contributed by atoms with Gasteiger partial charge >= 0.3 is 0 Å². The van der Waals surface area contributed by atoms with Crippen molar-refractivity contribution < 1.29 is 8.42 Å². The van der Waals surface area contributed by atoms with Crippen LogP contribution in [0.2, 0.25) is 0 Å². The minimum Gasteiger partial charge on any atom is -0.392 e. The Morgan fingerprint density at radius 2 is 2.07 bits per heavy atom. The zero-order chi connectivity index (χ0) is 11.8. The smallest absolute Gasteiger partial charge is 0.223 e. The molecule has 0 radical (unpaired) electrons. The Morgan fingerprint density at radius 1 is 1.53 bits per heavy atom. The number of nitrogens with two attached hydrogens (primary N) is 1. The summed E-state index contributed by atoms with van der Waals surface area (Å²) in [5, 5.41) is -0.764. The van der Waals surface area contributed by atoms with Crippen LogP contribution >= 0.6 is 12.2 Å². The highest BCUT2D eigenvalue weighted by atomic mass is 32.2. The number of hydrogen-bond donors (Lipinski definition) is 1. The van der Waals surface area contributed by atoms with E-state index in [0.29, 0.717) is 12.5 Å². The van der Waals surface area contributed by atoms with E-state index in [4.69, 9.17) is 18.0 Å². The maximum Gasteiger partial charge on any atom is 0.223 e. The Kier molecular flexibility index (Phi) is 3.73. The van der Waals surface area contributed by atoms with E-state index < -0.39 is 15.3 Å². The highest BCUT2D eigenvalue weighted by Crippen LogP contribution is 2.27. The quantitative estimate of drug-likeness (QED) is 0.750. The molecule has 2 N–H and O–H groups in total. The molecule has 0 bridgehead atoms. The summed E-state index contributed by atoms with van der Waals surface area (Å²) in [5.74, 6) is 0.410. The lowest BCUT2D eigenvalue weighted by Crippen LogP contribution is -2.44. The lowest BCUT2D eigenvalue weighted by Gasteiger charge is -2.24. The Morgan fingerprint density at radius 3 is 2.40 bits per heavy atom. The molecule has 0 aromatic carbocycles. The van der Waals surface area contributed by atoms with Crippen molar-refractivity contribution in [3.63, 3.8) is 0 Å². The molecule has 0 saturated carbocycles. The van der Waals surface area contributed by atoms with Crippen LogP contribution in [0.4, 0.5) is 0 Å². The van der Waals surface area contributed by atoms with E-state index in [1.54, 1.807) is 6.92 Å². The highest BCUT2D eigenvalue weighted by Gasteiger charge is 2.38. The average molecular weight is 250 g/mol. The molecule has 1 heterocycles. The monoisotopic (exact) mass is 250 g/mol. The van der Waals surface area contributed by atoms with E-state index in [1.807, 2.05) is 6.92 Å². The second-order valence-corrected chi connectivity index (χ2v) is 7.03. The van der Waals surface area contributed by atoms with Crippen LogP contribution in [0.25, 0.3) is 0 Å². The zero-order valence-electron chi connectivity index (χ0n) is 9.30. The van der Waals surface area contributed by atoms with Gasteiger partial charge in [-0.3, -0.25) is 0 Å². The van der Waals surface area contributed by atoms with Crippen molar-refractivity contribution >= 4 is 27.2 Å². The molecular weight excluding hydrogens is 232 g/mol. The van der Waals surface area contributed by atoms with Crippen LogP contribution in [0.3, 0.4) is 0 Å². The van der Waals surface area contributed by atoms with Crippen LogP contribution in [0.5, 0.6) is 0 Å². The molecule has 1 fully saturated rings. The van der Waals surface area contributed by atoms with E-state index in [0.717, 1.165) is 6.42 Å². The van der Waals surface area contributed by atoms with Crippen molar-refractivity contribution in [3.8, 4) is 0 Å². The fourth-order valence-electron chi connectivity index (χ4n) is 1.97. The zero-order valence-corrected chi connectivity index (χ0v) is 10.9. The van der Waals surface area contributed by atoms with Crippen molar-refractivity contribution in [2.45, 2.75) is 38.5 Å². The lowest BCUT2D eigenvalue weighted by molar-refractivity contribution is 0.404. The van der Waals surface area contributed by atoms with E-state index in [2.05, 4.69) is 6.92 Å². The summed E-state index contributed by atoms with van der Waals surface area (Å²) in [7, 11) is -3.35. The van der Waals surface area contributed by atoms with Gasteiger partial charge in [-0.05, 0) is 26.2 Å². The number of nitrogens with zero attached hydrogens (tertiary/aromatic N) is 1. The summed E-state index contributed by atoms with van der Waals surface area (Å²) in [6.07, 6.45) is 0.906. The summed E-state index contributed by atoms with van der Waals surface area (Å²) in [6, 6.07) is 0.0572. The first-order valence-electron chi connectivity index (χ1n) is 5.06. The first-order chi connectivity index (χ1) is 6.76. The van der Waals surface area contributed by atoms with Crippen LogP contribution in [-0.4, -0.2) is 35.5 Å². The minimum absolute atomic E-state index is 0.0433. The molecule has 3 unspecified atom stereocenters. The molecule has 4 nitrogen and oxygen atoms in total. The van der Waals surface area contributed by atoms with Gasteiger partial charge < -0.3 is 5.73 Å². The molecule has 0 spiro atoms. The third kappa shape index (κ3) is 2.49. The van der Waals surface area contributed by atoms with Crippen LogP contribution in [0.15, 0.2) is 0 Å². The van der Waals surface area contributed by atoms with Gasteiger partial charge in [0.05, 0.1) is 4.99 Å². The Hall–Kier alpha value is -0.200. The molecule has 0 aromatic rings. The van der Waals surface area contributed by atoms with E-state index in [-0.39, 0.29) is 11.0 Å². The Labute approximate surface area is 96.9 Å². The molecule has 88 valence electrons. The van der Waals surface area contributed by atoms with Gasteiger partial charge in [0.25, 0.3) is 0 Å². The fraction of sp³-hybridized carbons (Fsp3) is 0.889. The van der Waals surface area contributed by atoms with Crippen molar-refractivity contribution in [2.24, 2.45) is 11.7 Å². The van der Waals surface area contributed by atoms with Crippen LogP contribution < -0.4 is 5.73 Å². The van der Waals surface area contributed by atoms with Crippen molar-refractivity contribution in [1.82, 2.24) is 4.31 Å². The summed E-state index contributed by atoms with van der Waals surface area (Å²) in [5.41, 5.74) is 5.40. The first kappa shape index (κ1) is 12.9. The SMILES string of the molecule is CC1CC(C)N(S(=O)(=O)C(C)C(N)=S)C1. The van der Waals surface area contributed by atoms with Crippen molar-refractivity contribution in [2.75, 3.05) is 6.54 Å². The fourth-order valence-corrected chi connectivity index (χ4v) is 4.08. The van der Waals surface area contributed by atoms with Gasteiger partial charge in [-0.2, -0.15) is 4.31 Å². The third-order valence-electron chi connectivity index (χ3n) is 2.90. The highest BCUT2D eigenvalue weighted by molar-refractivity contribution is 7.92. The third-order valence-corrected chi connectivity index (χ3v) is 5.71.